The summed E-state index contributed by atoms with van der Waals surface area (Å²) in [7, 11) is -3.49. The Balaban J connectivity index is 2.33. The third kappa shape index (κ3) is 4.28. The van der Waals surface area contributed by atoms with Crippen LogP contribution in [0.25, 0.3) is 0 Å². The van der Waals surface area contributed by atoms with Gasteiger partial charge in [-0.25, -0.2) is 13.1 Å². The fraction of sp³-hybridized carbons (Fsp3) is 0.600. The molecule has 2 N–H and O–H groups in total. The molecule has 21 heavy (non-hydrogen) atoms. The molecular weight excluding hydrogens is 352 g/mol. The molecule has 0 aliphatic heterocycles. The molecule has 1 aliphatic carbocycles. The number of hydrogen-bond donors (Lipinski definition) is 2. The molecule has 0 bridgehead atoms. The molecule has 118 valence electrons. The number of hydrogen-bond acceptors (Lipinski definition) is 3. The third-order valence-electron chi connectivity index (χ3n) is 3.67. The van der Waals surface area contributed by atoms with Gasteiger partial charge in [-0.05, 0) is 59.8 Å². The molecule has 0 amide bonds. The van der Waals surface area contributed by atoms with E-state index in [1.165, 1.54) is 0 Å². The van der Waals surface area contributed by atoms with Crippen molar-refractivity contribution in [3.05, 3.63) is 27.7 Å². The van der Waals surface area contributed by atoms with Gasteiger partial charge in [0.05, 0.1) is 4.90 Å². The number of nitrogens with one attached hydrogen (secondary N) is 2. The van der Waals surface area contributed by atoms with Gasteiger partial charge in [0, 0.05) is 22.6 Å². The zero-order valence-electron chi connectivity index (χ0n) is 13.0. The highest BCUT2D eigenvalue weighted by molar-refractivity contribution is 9.10. The SMILES string of the molecule is Cc1cc(CNC(C)C)cc(S(=O)(=O)NC2(C)CC2)c1Br. The normalized spacial score (nSPS) is 17.2. The smallest absolute Gasteiger partial charge is 0.242 e. The van der Waals surface area contributed by atoms with Crippen LogP contribution in [0.1, 0.15) is 44.7 Å². The number of benzene rings is 1. The molecule has 2 rings (SSSR count). The Morgan fingerprint density at radius 1 is 1.33 bits per heavy atom. The maximum absolute atomic E-state index is 12.6. The summed E-state index contributed by atoms with van der Waals surface area (Å²) >= 11 is 3.42. The number of rotatable bonds is 6. The van der Waals surface area contributed by atoms with Crippen LogP contribution in [0.3, 0.4) is 0 Å². The minimum absolute atomic E-state index is 0.266. The van der Waals surface area contributed by atoms with Crippen molar-refractivity contribution in [2.75, 3.05) is 0 Å². The van der Waals surface area contributed by atoms with Crippen molar-refractivity contribution in [3.63, 3.8) is 0 Å². The minimum atomic E-state index is -3.49. The maximum atomic E-state index is 12.6. The Morgan fingerprint density at radius 3 is 2.48 bits per heavy atom. The number of aryl methyl sites for hydroxylation is 1. The lowest BCUT2D eigenvalue weighted by atomic mass is 10.1. The summed E-state index contributed by atoms with van der Waals surface area (Å²) in [6.07, 6.45) is 1.80. The largest absolute Gasteiger partial charge is 0.310 e. The zero-order valence-corrected chi connectivity index (χ0v) is 15.4. The first-order valence-electron chi connectivity index (χ1n) is 7.19. The molecule has 4 nitrogen and oxygen atoms in total. The second-order valence-corrected chi connectivity index (χ2v) is 8.87. The Morgan fingerprint density at radius 2 is 1.95 bits per heavy atom. The van der Waals surface area contributed by atoms with Crippen LogP contribution in [-0.4, -0.2) is 20.0 Å². The zero-order chi connectivity index (χ0) is 15.8. The van der Waals surface area contributed by atoms with Crippen molar-refractivity contribution in [1.29, 1.82) is 0 Å². The lowest BCUT2D eigenvalue weighted by molar-refractivity contribution is 0.556. The predicted octanol–water partition coefficient (Wildman–Crippen LogP) is 3.09. The first-order chi connectivity index (χ1) is 9.63. The highest BCUT2D eigenvalue weighted by Crippen LogP contribution is 2.37. The molecular formula is C15H23BrN2O2S. The predicted molar refractivity (Wildman–Crippen MR) is 88.8 cm³/mol. The van der Waals surface area contributed by atoms with Gasteiger partial charge < -0.3 is 5.32 Å². The standard InChI is InChI=1S/C15H23BrN2O2S/c1-10(2)17-9-12-7-11(3)14(16)13(8-12)21(19,20)18-15(4)5-6-15/h7-8,10,17-18H,5-6,9H2,1-4H3. The molecule has 0 unspecified atom stereocenters. The Labute approximate surface area is 135 Å². The van der Waals surface area contributed by atoms with Crippen molar-refractivity contribution < 1.29 is 8.42 Å². The first kappa shape index (κ1) is 16.9. The monoisotopic (exact) mass is 374 g/mol. The van der Waals surface area contributed by atoms with E-state index < -0.39 is 10.0 Å². The Hall–Kier alpha value is -0.430. The summed E-state index contributed by atoms with van der Waals surface area (Å²) in [6, 6.07) is 4.12. The van der Waals surface area contributed by atoms with Crippen LogP contribution in [-0.2, 0) is 16.6 Å². The molecule has 0 saturated heterocycles. The average molecular weight is 375 g/mol. The number of sulfonamides is 1. The van der Waals surface area contributed by atoms with E-state index in [4.69, 9.17) is 0 Å². The summed E-state index contributed by atoms with van der Waals surface area (Å²) in [5.74, 6) is 0. The van der Waals surface area contributed by atoms with Crippen LogP contribution in [0.5, 0.6) is 0 Å². The van der Waals surface area contributed by atoms with E-state index in [1.807, 2.05) is 19.9 Å². The van der Waals surface area contributed by atoms with E-state index in [1.54, 1.807) is 6.07 Å². The van der Waals surface area contributed by atoms with Crippen molar-refractivity contribution >= 4 is 26.0 Å². The lowest BCUT2D eigenvalue weighted by Gasteiger charge is -2.16. The third-order valence-corrected chi connectivity index (χ3v) is 6.64. The molecule has 6 heteroatoms. The molecule has 1 aromatic carbocycles. The number of halogens is 1. The Kier molecular flexibility index (Phi) is 4.83. The fourth-order valence-corrected chi connectivity index (χ4v) is 4.63. The van der Waals surface area contributed by atoms with E-state index >= 15 is 0 Å². The van der Waals surface area contributed by atoms with E-state index in [9.17, 15) is 8.42 Å². The highest BCUT2D eigenvalue weighted by Gasteiger charge is 2.41. The second kappa shape index (κ2) is 5.99. The van der Waals surface area contributed by atoms with Gasteiger partial charge in [-0.15, -0.1) is 0 Å². The van der Waals surface area contributed by atoms with Gasteiger partial charge in [0.25, 0.3) is 0 Å². The van der Waals surface area contributed by atoms with Gasteiger partial charge in [0.15, 0.2) is 0 Å². The fourth-order valence-electron chi connectivity index (χ4n) is 2.10. The molecule has 0 aromatic heterocycles. The summed E-state index contributed by atoms with van der Waals surface area (Å²) < 4.78 is 28.6. The molecule has 1 aliphatic rings. The van der Waals surface area contributed by atoms with E-state index in [0.717, 1.165) is 24.0 Å². The molecule has 0 radical (unpaired) electrons. The van der Waals surface area contributed by atoms with E-state index in [2.05, 4.69) is 39.8 Å². The van der Waals surface area contributed by atoms with Crippen LogP contribution in [0, 0.1) is 6.92 Å². The van der Waals surface area contributed by atoms with Crippen molar-refractivity contribution in [2.24, 2.45) is 0 Å². The van der Waals surface area contributed by atoms with Crippen LogP contribution in [0.2, 0.25) is 0 Å². The van der Waals surface area contributed by atoms with Crippen LogP contribution in [0.15, 0.2) is 21.5 Å². The molecule has 0 spiro atoms. The maximum Gasteiger partial charge on any atom is 0.242 e. The van der Waals surface area contributed by atoms with Crippen LogP contribution < -0.4 is 10.0 Å². The van der Waals surface area contributed by atoms with Crippen LogP contribution in [0.4, 0.5) is 0 Å². The van der Waals surface area contributed by atoms with Gasteiger partial charge in [-0.1, -0.05) is 19.9 Å². The summed E-state index contributed by atoms with van der Waals surface area (Å²) in [4.78, 5) is 0.330. The van der Waals surface area contributed by atoms with Crippen molar-refractivity contribution in [1.82, 2.24) is 10.0 Å². The lowest BCUT2D eigenvalue weighted by Crippen LogP contribution is -2.34. The minimum Gasteiger partial charge on any atom is -0.310 e. The van der Waals surface area contributed by atoms with Gasteiger partial charge in [-0.3, -0.25) is 0 Å². The van der Waals surface area contributed by atoms with Gasteiger partial charge in [-0.2, -0.15) is 0 Å². The molecule has 1 saturated carbocycles. The molecule has 0 heterocycles. The topological polar surface area (TPSA) is 58.2 Å². The first-order valence-corrected chi connectivity index (χ1v) is 9.47. The van der Waals surface area contributed by atoms with E-state index in [0.29, 0.717) is 22.0 Å². The van der Waals surface area contributed by atoms with Crippen molar-refractivity contribution in [2.45, 2.75) is 63.6 Å². The van der Waals surface area contributed by atoms with Gasteiger partial charge in [0.1, 0.15) is 0 Å². The van der Waals surface area contributed by atoms with E-state index in [-0.39, 0.29) is 5.54 Å². The summed E-state index contributed by atoms with van der Waals surface area (Å²) in [6.45, 7) is 8.65. The molecule has 0 atom stereocenters. The summed E-state index contributed by atoms with van der Waals surface area (Å²) in [5, 5.41) is 3.32. The van der Waals surface area contributed by atoms with Crippen molar-refractivity contribution in [3.8, 4) is 0 Å². The van der Waals surface area contributed by atoms with Gasteiger partial charge in [0.2, 0.25) is 10.0 Å². The molecule has 1 aromatic rings. The van der Waals surface area contributed by atoms with Gasteiger partial charge >= 0.3 is 0 Å². The summed E-state index contributed by atoms with van der Waals surface area (Å²) in [5.41, 5.74) is 1.64. The quantitative estimate of drug-likeness (QED) is 0.804. The Bertz CT molecular complexity index is 637. The highest BCUT2D eigenvalue weighted by atomic mass is 79.9. The second-order valence-electron chi connectivity index (χ2n) is 6.43. The van der Waals surface area contributed by atoms with Crippen LogP contribution >= 0.6 is 15.9 Å². The molecule has 1 fully saturated rings. The average Bonchev–Trinajstić information content (AvgIpc) is 3.06.